The first-order valence-corrected chi connectivity index (χ1v) is 21.6. The zero-order valence-corrected chi connectivity index (χ0v) is 33.2. The lowest BCUT2D eigenvalue weighted by molar-refractivity contribution is -0.160. The average Bonchev–Trinajstić information content (AvgIpc) is 3.58. The first kappa shape index (κ1) is 42.0. The molecule has 5 atom stereocenters. The standard InChI is InChI=1S/C36H63N3O7SSi/c1-11-18-33(41)45-24-39(35(42)27(26(8)12-2)21-31(40)29-19-16-17-20-38(29)9)30(25(6)7)22-32(46-48(13-3,14-4)15-5)34-37-28(23-47-34)36(43)44-10/h23,25-27,29-30,32H,11-22,24H2,1-10H3/t26-,27-,29+,30+,32+/m0/s1. The number of hydrogen-bond acceptors (Lipinski definition) is 10. The second-order valence-corrected chi connectivity index (χ2v) is 19.4. The van der Waals surface area contributed by atoms with E-state index in [0.29, 0.717) is 17.8 Å². The van der Waals surface area contributed by atoms with Crippen LogP contribution >= 0.6 is 11.3 Å². The Labute approximate surface area is 294 Å². The number of aromatic nitrogens is 1. The maximum Gasteiger partial charge on any atom is 0.357 e. The number of hydrogen-bond donors (Lipinski definition) is 0. The van der Waals surface area contributed by atoms with Gasteiger partial charge in [-0.3, -0.25) is 19.3 Å². The summed E-state index contributed by atoms with van der Waals surface area (Å²) < 4.78 is 17.8. The van der Waals surface area contributed by atoms with E-state index in [9.17, 15) is 19.2 Å². The molecule has 1 saturated heterocycles. The highest BCUT2D eigenvalue weighted by Gasteiger charge is 2.41. The molecule has 12 heteroatoms. The van der Waals surface area contributed by atoms with Crippen LogP contribution in [0.1, 0.15) is 128 Å². The van der Waals surface area contributed by atoms with Gasteiger partial charge in [-0.2, -0.15) is 0 Å². The van der Waals surface area contributed by atoms with Crippen LogP contribution in [-0.2, 0) is 28.3 Å². The zero-order chi connectivity index (χ0) is 36.0. The van der Waals surface area contributed by atoms with Crippen molar-refractivity contribution in [2.75, 3.05) is 27.4 Å². The van der Waals surface area contributed by atoms with Gasteiger partial charge in [0.05, 0.1) is 19.3 Å². The molecule has 48 heavy (non-hydrogen) atoms. The number of thiazole rings is 1. The third-order valence-electron chi connectivity index (χ3n) is 10.5. The van der Waals surface area contributed by atoms with Gasteiger partial charge in [0.15, 0.2) is 26.5 Å². The smallest absolute Gasteiger partial charge is 0.357 e. The van der Waals surface area contributed by atoms with Crippen LogP contribution in [0.4, 0.5) is 0 Å². The number of amides is 1. The number of esters is 2. The summed E-state index contributed by atoms with van der Waals surface area (Å²) in [5, 5.41) is 2.36. The highest BCUT2D eigenvalue weighted by molar-refractivity contribution is 7.09. The van der Waals surface area contributed by atoms with E-state index in [4.69, 9.17) is 13.9 Å². The molecule has 1 aliphatic rings. The molecule has 1 fully saturated rings. The second kappa shape index (κ2) is 20.5. The number of carbonyl (C=O) groups is 4. The number of likely N-dealkylation sites (N-methyl/N-ethyl adjacent to an activating group) is 1. The van der Waals surface area contributed by atoms with Crippen molar-refractivity contribution in [3.05, 3.63) is 16.1 Å². The van der Waals surface area contributed by atoms with E-state index in [1.807, 2.05) is 27.8 Å². The van der Waals surface area contributed by atoms with Crippen LogP contribution in [0.5, 0.6) is 0 Å². The number of ether oxygens (including phenoxy) is 2. The number of nitrogens with zero attached hydrogens (tertiary/aromatic N) is 3. The van der Waals surface area contributed by atoms with Crippen LogP contribution in [-0.4, -0.2) is 86.2 Å². The van der Waals surface area contributed by atoms with Gasteiger partial charge in [-0.05, 0) is 69.2 Å². The number of piperidine rings is 1. The highest BCUT2D eigenvalue weighted by atomic mass is 32.1. The molecule has 274 valence electrons. The van der Waals surface area contributed by atoms with Crippen molar-refractivity contribution in [1.29, 1.82) is 0 Å². The van der Waals surface area contributed by atoms with Crippen molar-refractivity contribution >= 4 is 43.3 Å². The lowest BCUT2D eigenvalue weighted by Gasteiger charge is -2.41. The van der Waals surface area contributed by atoms with E-state index in [2.05, 4.69) is 44.5 Å². The molecule has 1 amide bonds. The monoisotopic (exact) mass is 709 g/mol. The third kappa shape index (κ3) is 11.4. The van der Waals surface area contributed by atoms with Gasteiger partial charge in [-0.25, -0.2) is 9.78 Å². The van der Waals surface area contributed by atoms with Gasteiger partial charge in [0.1, 0.15) is 5.01 Å². The quantitative estimate of drug-likeness (QED) is 0.0722. The van der Waals surface area contributed by atoms with Crippen LogP contribution < -0.4 is 0 Å². The number of ketones is 1. The molecule has 2 rings (SSSR count). The van der Waals surface area contributed by atoms with Crippen molar-refractivity contribution < 1.29 is 33.1 Å². The van der Waals surface area contributed by atoms with Crippen LogP contribution in [0.25, 0.3) is 0 Å². The van der Waals surface area contributed by atoms with E-state index in [1.165, 1.54) is 18.4 Å². The van der Waals surface area contributed by atoms with Crippen LogP contribution in [0, 0.1) is 17.8 Å². The minimum atomic E-state index is -2.18. The summed E-state index contributed by atoms with van der Waals surface area (Å²) in [6, 6.07) is 2.19. The Morgan fingerprint density at radius 3 is 2.27 bits per heavy atom. The summed E-state index contributed by atoms with van der Waals surface area (Å²) >= 11 is 1.36. The first-order valence-electron chi connectivity index (χ1n) is 18.2. The fraction of sp³-hybridized carbons (Fsp3) is 0.806. The highest BCUT2D eigenvalue weighted by Crippen LogP contribution is 2.37. The SMILES string of the molecule is CCCC(=O)OCN(C(=O)[C@@H](CC(=O)[C@H]1CCCCN1C)[C@@H](C)CC)[C@H](C[C@@H](O[Si](CC)(CC)CC)c1nc(C(=O)OC)cs1)C(C)C. The Balaban J connectivity index is 2.60. The fourth-order valence-electron chi connectivity index (χ4n) is 6.72. The van der Waals surface area contributed by atoms with E-state index < -0.39 is 32.4 Å². The van der Waals surface area contributed by atoms with Crippen LogP contribution in [0.3, 0.4) is 0 Å². The number of Topliss-reactive ketones (excluding diaryl/α,β-unsaturated/α-hetero) is 1. The minimum Gasteiger partial charge on any atom is -0.464 e. The summed E-state index contributed by atoms with van der Waals surface area (Å²) in [6.07, 6.45) is 4.60. The molecule has 10 nitrogen and oxygen atoms in total. The lowest BCUT2D eigenvalue weighted by atomic mass is 9.82. The van der Waals surface area contributed by atoms with Crippen molar-refractivity contribution in [2.24, 2.45) is 17.8 Å². The summed E-state index contributed by atoms with van der Waals surface area (Å²) in [6.45, 7) is 17.3. The summed E-state index contributed by atoms with van der Waals surface area (Å²) in [5.74, 6) is -1.58. The molecule has 1 aromatic heterocycles. The molecule has 0 N–H and O–H groups in total. The largest absolute Gasteiger partial charge is 0.464 e. The molecule has 1 aliphatic heterocycles. The zero-order valence-electron chi connectivity index (χ0n) is 31.3. The number of carbonyl (C=O) groups excluding carboxylic acids is 4. The summed E-state index contributed by atoms with van der Waals surface area (Å²) in [7, 11) is 1.15. The Morgan fingerprint density at radius 1 is 1.06 bits per heavy atom. The van der Waals surface area contributed by atoms with Gasteiger partial charge < -0.3 is 18.8 Å². The molecule has 0 bridgehead atoms. The van der Waals surface area contributed by atoms with Gasteiger partial charge in [0.2, 0.25) is 5.91 Å². The van der Waals surface area contributed by atoms with E-state index >= 15 is 0 Å². The lowest BCUT2D eigenvalue weighted by Crippen LogP contribution is -2.51. The normalized spacial score (nSPS) is 18.2. The Bertz CT molecular complexity index is 1170. The van der Waals surface area contributed by atoms with Crippen molar-refractivity contribution in [2.45, 2.75) is 143 Å². The van der Waals surface area contributed by atoms with E-state index in [1.54, 1.807) is 10.3 Å². The minimum absolute atomic E-state index is 0.0383. The first-order chi connectivity index (χ1) is 22.8. The van der Waals surface area contributed by atoms with Crippen LogP contribution in [0.15, 0.2) is 5.38 Å². The number of likely N-dealkylation sites (tertiary alicyclic amines) is 1. The molecule has 0 unspecified atom stereocenters. The topological polar surface area (TPSA) is 115 Å². The molecular formula is C36H63N3O7SSi. The number of methoxy groups -OCH3 is 1. The average molecular weight is 710 g/mol. The fourth-order valence-corrected chi connectivity index (χ4v) is 10.4. The second-order valence-electron chi connectivity index (χ2n) is 13.8. The Hall–Kier alpha value is -2.15. The Kier molecular flexibility index (Phi) is 17.9. The maximum absolute atomic E-state index is 14.8. The van der Waals surface area contributed by atoms with Gasteiger partial charge in [-0.1, -0.05) is 68.2 Å². The van der Waals surface area contributed by atoms with Crippen LogP contribution in [0.2, 0.25) is 18.1 Å². The molecule has 0 radical (unpaired) electrons. The Morgan fingerprint density at radius 2 is 1.73 bits per heavy atom. The third-order valence-corrected chi connectivity index (χ3v) is 16.0. The van der Waals surface area contributed by atoms with E-state index in [0.717, 1.165) is 50.4 Å². The molecular weight excluding hydrogens is 647 g/mol. The molecule has 2 heterocycles. The maximum atomic E-state index is 14.8. The molecule has 0 saturated carbocycles. The summed E-state index contributed by atoms with van der Waals surface area (Å²) in [4.78, 5) is 62.1. The van der Waals surface area contributed by atoms with Gasteiger partial charge in [-0.15, -0.1) is 11.3 Å². The molecule has 1 aromatic rings. The molecule has 0 aromatic carbocycles. The van der Waals surface area contributed by atoms with Gasteiger partial charge in [0.25, 0.3) is 0 Å². The predicted octanol–water partition coefficient (Wildman–Crippen LogP) is 7.64. The van der Waals surface area contributed by atoms with Crippen molar-refractivity contribution in [3.8, 4) is 0 Å². The number of rotatable bonds is 21. The molecule has 0 aliphatic carbocycles. The summed E-state index contributed by atoms with van der Waals surface area (Å²) in [5.41, 5.74) is 0.230. The predicted molar refractivity (Wildman–Crippen MR) is 193 cm³/mol. The van der Waals surface area contributed by atoms with Gasteiger partial charge in [0, 0.05) is 30.2 Å². The molecule has 0 spiro atoms. The van der Waals surface area contributed by atoms with E-state index in [-0.39, 0.29) is 60.8 Å². The van der Waals surface area contributed by atoms with Crippen molar-refractivity contribution in [1.82, 2.24) is 14.8 Å². The van der Waals surface area contributed by atoms with Gasteiger partial charge >= 0.3 is 11.9 Å². The van der Waals surface area contributed by atoms with Crippen molar-refractivity contribution in [3.63, 3.8) is 0 Å².